The molecule has 9 nitrogen and oxygen atoms in total. The van der Waals surface area contributed by atoms with Crippen LogP contribution in [0, 0.1) is 21.7 Å². The van der Waals surface area contributed by atoms with E-state index in [-0.39, 0.29) is 29.4 Å². The highest BCUT2D eigenvalue weighted by Crippen LogP contribution is 2.44. The second kappa shape index (κ2) is 13.3. The number of nitro groups is 1. The van der Waals surface area contributed by atoms with Crippen LogP contribution in [0.15, 0.2) is 72.8 Å². The molecule has 0 bridgehead atoms. The zero-order valence-electron chi connectivity index (χ0n) is 22.8. The van der Waals surface area contributed by atoms with Gasteiger partial charge in [-0.2, -0.15) is 0 Å². The molecule has 0 fully saturated rings. The molecule has 0 aliphatic heterocycles. The Morgan fingerprint density at radius 3 is 2.14 bits per heavy atom. The van der Waals surface area contributed by atoms with E-state index in [0.717, 1.165) is 33.9 Å². The van der Waals surface area contributed by atoms with E-state index in [2.05, 4.69) is 0 Å². The van der Waals surface area contributed by atoms with Crippen LogP contribution in [0.3, 0.4) is 0 Å². The van der Waals surface area contributed by atoms with Crippen LogP contribution in [0.25, 0.3) is 10.4 Å². The monoisotopic (exact) mass is 595 g/mol. The second-order valence-corrected chi connectivity index (χ2v) is 10.3. The van der Waals surface area contributed by atoms with Gasteiger partial charge in [-0.25, -0.2) is 18.4 Å². The molecule has 0 aliphatic carbocycles. The van der Waals surface area contributed by atoms with Gasteiger partial charge in [-0.3, -0.25) is 19.9 Å². The van der Waals surface area contributed by atoms with Crippen molar-refractivity contribution in [1.82, 2.24) is 4.90 Å². The third-order valence-corrected chi connectivity index (χ3v) is 7.68. The summed E-state index contributed by atoms with van der Waals surface area (Å²) in [6, 6.07) is 18.3. The van der Waals surface area contributed by atoms with Gasteiger partial charge in [0.1, 0.15) is 16.6 Å². The Bertz CT molecular complexity index is 1570. The number of carbonyl (C=O) groups excluding carboxylic acids is 1. The zero-order valence-corrected chi connectivity index (χ0v) is 23.6. The normalized spacial score (nSPS) is 11.0. The van der Waals surface area contributed by atoms with Crippen molar-refractivity contribution >= 4 is 34.1 Å². The van der Waals surface area contributed by atoms with Gasteiger partial charge >= 0.3 is 12.1 Å². The van der Waals surface area contributed by atoms with Gasteiger partial charge in [-0.15, -0.1) is 11.3 Å². The molecule has 1 heterocycles. The van der Waals surface area contributed by atoms with Crippen LogP contribution >= 0.6 is 11.3 Å². The van der Waals surface area contributed by atoms with Gasteiger partial charge in [-0.05, 0) is 49.4 Å². The Morgan fingerprint density at radius 2 is 1.57 bits per heavy atom. The van der Waals surface area contributed by atoms with Gasteiger partial charge in [-0.1, -0.05) is 36.4 Å². The third kappa shape index (κ3) is 6.78. The highest BCUT2D eigenvalue weighted by Gasteiger charge is 2.32. The number of aromatic carboxylic acids is 1. The SMILES string of the molecule is CCOC(=O)N(Cc1c(F)cccc1F)c1sc(-c2ccc([N+](=O)[O-])cc2)c(CN(C)Cc2ccccc2)c1C(=O)O. The first-order chi connectivity index (χ1) is 20.1. The summed E-state index contributed by atoms with van der Waals surface area (Å²) >= 11 is 0.926. The number of thiophene rings is 1. The van der Waals surface area contributed by atoms with Gasteiger partial charge < -0.3 is 9.84 Å². The Kier molecular flexibility index (Phi) is 9.60. The summed E-state index contributed by atoms with van der Waals surface area (Å²) in [5, 5.41) is 21.6. The summed E-state index contributed by atoms with van der Waals surface area (Å²) < 4.78 is 34.5. The molecule has 0 unspecified atom stereocenters. The first kappa shape index (κ1) is 30.3. The predicted octanol–water partition coefficient (Wildman–Crippen LogP) is 7.09. The fraction of sp³-hybridized carbons (Fsp3) is 0.200. The number of benzene rings is 3. The van der Waals surface area contributed by atoms with Crippen molar-refractivity contribution in [3.05, 3.63) is 117 Å². The minimum absolute atomic E-state index is 0.0647. The minimum Gasteiger partial charge on any atom is -0.478 e. The van der Waals surface area contributed by atoms with E-state index in [0.29, 0.717) is 22.5 Å². The molecule has 0 aliphatic rings. The molecule has 3 aromatic carbocycles. The van der Waals surface area contributed by atoms with Crippen molar-refractivity contribution in [2.75, 3.05) is 18.6 Å². The Balaban J connectivity index is 1.89. The van der Waals surface area contributed by atoms with Crippen LogP contribution in [-0.4, -0.2) is 40.6 Å². The fourth-order valence-electron chi connectivity index (χ4n) is 4.46. The molecule has 0 saturated heterocycles. The number of anilines is 1. The highest BCUT2D eigenvalue weighted by atomic mass is 32.1. The van der Waals surface area contributed by atoms with Crippen LogP contribution < -0.4 is 4.90 Å². The Morgan fingerprint density at radius 1 is 0.929 bits per heavy atom. The Hall–Kier alpha value is -4.68. The molecule has 1 aromatic heterocycles. The van der Waals surface area contributed by atoms with E-state index in [1.165, 1.54) is 30.3 Å². The summed E-state index contributed by atoms with van der Waals surface area (Å²) in [5.41, 5.74) is 0.960. The quantitative estimate of drug-likeness (QED) is 0.145. The fourth-order valence-corrected chi connectivity index (χ4v) is 5.76. The summed E-state index contributed by atoms with van der Waals surface area (Å²) in [6.45, 7) is 1.44. The molecule has 12 heteroatoms. The molecule has 0 radical (unpaired) electrons. The summed E-state index contributed by atoms with van der Waals surface area (Å²) in [7, 11) is 1.80. The van der Waals surface area contributed by atoms with Gasteiger partial charge in [0.15, 0.2) is 0 Å². The first-order valence-corrected chi connectivity index (χ1v) is 13.7. The molecular weight excluding hydrogens is 568 g/mol. The molecule has 0 atom stereocenters. The van der Waals surface area contributed by atoms with Crippen molar-refractivity contribution in [3.8, 4) is 10.4 Å². The van der Waals surface area contributed by atoms with Crippen molar-refractivity contribution in [2.45, 2.75) is 26.6 Å². The molecule has 4 aromatic rings. The number of carbonyl (C=O) groups is 2. The largest absolute Gasteiger partial charge is 0.478 e. The summed E-state index contributed by atoms with van der Waals surface area (Å²) in [4.78, 5) is 39.9. The molecule has 0 spiro atoms. The molecular formula is C30H27F2N3O6S. The highest BCUT2D eigenvalue weighted by molar-refractivity contribution is 7.20. The summed E-state index contributed by atoms with van der Waals surface area (Å²) in [6.07, 6.45) is -0.983. The molecule has 4 rings (SSSR count). The number of carboxylic acid groups (broad SMARTS) is 1. The molecule has 1 N–H and O–H groups in total. The molecule has 42 heavy (non-hydrogen) atoms. The number of non-ortho nitro benzene ring substituents is 1. The van der Waals surface area contributed by atoms with Crippen molar-refractivity contribution in [3.63, 3.8) is 0 Å². The van der Waals surface area contributed by atoms with E-state index in [9.17, 15) is 33.6 Å². The van der Waals surface area contributed by atoms with E-state index in [1.54, 1.807) is 14.0 Å². The topological polar surface area (TPSA) is 113 Å². The van der Waals surface area contributed by atoms with Gasteiger partial charge in [0, 0.05) is 41.2 Å². The maximum atomic E-state index is 14.7. The molecule has 218 valence electrons. The Labute approximate surface area is 244 Å². The lowest BCUT2D eigenvalue weighted by Crippen LogP contribution is -2.32. The number of amides is 1. The number of halogens is 2. The van der Waals surface area contributed by atoms with E-state index < -0.39 is 40.7 Å². The van der Waals surface area contributed by atoms with Crippen LogP contribution in [0.1, 0.15) is 34.0 Å². The maximum absolute atomic E-state index is 14.7. The van der Waals surface area contributed by atoms with Gasteiger partial charge in [0.25, 0.3) is 5.69 Å². The van der Waals surface area contributed by atoms with Crippen molar-refractivity contribution < 1.29 is 33.1 Å². The smallest absolute Gasteiger partial charge is 0.415 e. The predicted molar refractivity (Wildman–Crippen MR) is 155 cm³/mol. The minimum atomic E-state index is -1.36. The van der Waals surface area contributed by atoms with Crippen LogP contribution in [0.4, 0.5) is 24.3 Å². The second-order valence-electron chi connectivity index (χ2n) is 9.34. The maximum Gasteiger partial charge on any atom is 0.415 e. The average Bonchev–Trinajstić information content (AvgIpc) is 3.32. The number of hydrogen-bond donors (Lipinski definition) is 1. The lowest BCUT2D eigenvalue weighted by molar-refractivity contribution is -0.384. The standard InChI is InChI=1S/C30H27F2N3O6S/c1-3-41-30(38)34(18-22-24(31)10-7-11-25(22)32)28-26(29(36)37)23(17-33(2)16-19-8-5-4-6-9-19)27(42-28)20-12-14-21(15-13-20)35(39)40/h4-15H,3,16-18H2,1-2H3,(H,36,37). The zero-order chi connectivity index (χ0) is 30.4. The number of nitrogens with zero attached hydrogens (tertiary/aromatic N) is 3. The number of carboxylic acids is 1. The van der Waals surface area contributed by atoms with Gasteiger partial charge in [0.2, 0.25) is 0 Å². The lowest BCUT2D eigenvalue weighted by Gasteiger charge is -2.22. The van der Waals surface area contributed by atoms with Crippen LogP contribution in [-0.2, 0) is 24.4 Å². The van der Waals surface area contributed by atoms with Crippen LogP contribution in [0.5, 0.6) is 0 Å². The molecule has 1 amide bonds. The van der Waals surface area contributed by atoms with E-state index >= 15 is 0 Å². The number of ether oxygens (including phenoxy) is 1. The van der Waals surface area contributed by atoms with E-state index in [4.69, 9.17) is 4.74 Å². The van der Waals surface area contributed by atoms with Crippen LogP contribution in [0.2, 0.25) is 0 Å². The average molecular weight is 596 g/mol. The third-order valence-electron chi connectivity index (χ3n) is 6.38. The first-order valence-electron chi connectivity index (χ1n) is 12.8. The summed E-state index contributed by atoms with van der Waals surface area (Å²) in [5.74, 6) is -3.17. The molecule has 0 saturated carbocycles. The lowest BCUT2D eigenvalue weighted by atomic mass is 10.0. The van der Waals surface area contributed by atoms with Gasteiger partial charge in [0.05, 0.1) is 23.6 Å². The van der Waals surface area contributed by atoms with Crippen molar-refractivity contribution in [1.29, 1.82) is 0 Å². The van der Waals surface area contributed by atoms with E-state index in [1.807, 2.05) is 35.2 Å². The number of nitro benzene ring substituents is 1. The number of rotatable bonds is 11. The number of hydrogen-bond acceptors (Lipinski definition) is 7. The van der Waals surface area contributed by atoms with Crippen molar-refractivity contribution in [2.24, 2.45) is 0 Å².